The number of halogens is 2. The molecule has 2 saturated carbocycles. The smallest absolute Gasteiger partial charge is 0.282 e. The van der Waals surface area contributed by atoms with E-state index in [-0.39, 0.29) is 36.6 Å². The molecule has 0 bridgehead atoms. The molecule has 2 heterocycles. The molecule has 158 valence electrons. The summed E-state index contributed by atoms with van der Waals surface area (Å²) in [5.74, 6) is -3.27. The van der Waals surface area contributed by atoms with Crippen LogP contribution in [-0.2, 0) is 4.79 Å². The summed E-state index contributed by atoms with van der Waals surface area (Å²) >= 11 is 0. The van der Waals surface area contributed by atoms with Crippen molar-refractivity contribution in [3.63, 3.8) is 0 Å². The molecule has 4 rings (SSSR count). The summed E-state index contributed by atoms with van der Waals surface area (Å²) in [5.41, 5.74) is 6.09. The summed E-state index contributed by atoms with van der Waals surface area (Å²) < 4.78 is 32.4. The first kappa shape index (κ1) is 19.8. The standard InChI is InChI=1S/C20H26F2N4O3/c21-20(22)10-26(11-20)16-8-7-15(25-19(16)29-9-12-5-6-12)18(28)24-14-4-2-1-3-13(14)17(23)27/h7-8,12-14H,1-6,9-11H2,(H2,23,27)(H,24,28). The molecule has 2 atom stereocenters. The molecule has 29 heavy (non-hydrogen) atoms. The molecular weight excluding hydrogens is 382 g/mol. The number of pyridine rings is 1. The Morgan fingerprint density at radius 3 is 2.59 bits per heavy atom. The number of rotatable bonds is 7. The van der Waals surface area contributed by atoms with Crippen LogP contribution in [0.3, 0.4) is 0 Å². The van der Waals surface area contributed by atoms with Crippen LogP contribution in [0, 0.1) is 11.8 Å². The average molecular weight is 408 g/mol. The van der Waals surface area contributed by atoms with Crippen LogP contribution in [0.25, 0.3) is 0 Å². The quantitative estimate of drug-likeness (QED) is 0.720. The molecule has 2 amide bonds. The van der Waals surface area contributed by atoms with Gasteiger partial charge in [-0.3, -0.25) is 9.59 Å². The van der Waals surface area contributed by atoms with Crippen molar-refractivity contribution in [3.8, 4) is 5.88 Å². The van der Waals surface area contributed by atoms with Crippen molar-refractivity contribution in [1.29, 1.82) is 0 Å². The summed E-state index contributed by atoms with van der Waals surface area (Å²) in [4.78, 5) is 30.2. The van der Waals surface area contributed by atoms with E-state index >= 15 is 0 Å². The number of aromatic nitrogens is 1. The average Bonchev–Trinajstić information content (AvgIpc) is 3.49. The fourth-order valence-electron chi connectivity index (χ4n) is 3.96. The number of alkyl halides is 2. The molecule has 9 heteroatoms. The van der Waals surface area contributed by atoms with E-state index < -0.39 is 17.7 Å². The summed E-state index contributed by atoms with van der Waals surface area (Å²) in [7, 11) is 0. The number of carbonyl (C=O) groups is 2. The maximum atomic E-state index is 13.3. The predicted molar refractivity (Wildman–Crippen MR) is 102 cm³/mol. The van der Waals surface area contributed by atoms with Gasteiger partial charge in [0.25, 0.3) is 11.8 Å². The Hall–Kier alpha value is -2.45. The van der Waals surface area contributed by atoms with Crippen LogP contribution in [0.1, 0.15) is 49.0 Å². The van der Waals surface area contributed by atoms with Gasteiger partial charge in [0.2, 0.25) is 11.8 Å². The van der Waals surface area contributed by atoms with E-state index in [4.69, 9.17) is 10.5 Å². The number of nitrogens with zero attached hydrogens (tertiary/aromatic N) is 2. The molecule has 1 aromatic heterocycles. The summed E-state index contributed by atoms with van der Waals surface area (Å²) in [5, 5.41) is 2.87. The monoisotopic (exact) mass is 408 g/mol. The first-order valence-corrected chi connectivity index (χ1v) is 10.2. The summed E-state index contributed by atoms with van der Waals surface area (Å²) in [6.45, 7) is -0.313. The van der Waals surface area contributed by atoms with Crippen LogP contribution < -0.4 is 20.7 Å². The van der Waals surface area contributed by atoms with Crippen molar-refractivity contribution < 1.29 is 23.1 Å². The minimum Gasteiger partial charge on any atom is -0.476 e. The third-order valence-corrected chi connectivity index (χ3v) is 5.86. The number of nitrogens with two attached hydrogens (primary N) is 1. The minimum atomic E-state index is -2.71. The third kappa shape index (κ3) is 4.59. The number of anilines is 1. The van der Waals surface area contributed by atoms with Gasteiger partial charge in [-0.05, 0) is 43.7 Å². The second-order valence-corrected chi connectivity index (χ2v) is 8.36. The number of ether oxygens (including phenoxy) is 1. The molecule has 1 aliphatic heterocycles. The zero-order valence-electron chi connectivity index (χ0n) is 16.2. The first-order valence-electron chi connectivity index (χ1n) is 10.2. The van der Waals surface area contributed by atoms with E-state index in [1.54, 1.807) is 6.07 Å². The van der Waals surface area contributed by atoms with Crippen molar-refractivity contribution in [2.45, 2.75) is 50.5 Å². The molecule has 2 unspecified atom stereocenters. The number of nitrogens with one attached hydrogen (secondary N) is 1. The fourth-order valence-corrected chi connectivity index (χ4v) is 3.96. The lowest BCUT2D eigenvalue weighted by atomic mass is 9.84. The normalized spacial score (nSPS) is 25.8. The zero-order valence-corrected chi connectivity index (χ0v) is 16.2. The Labute approximate surface area is 168 Å². The lowest BCUT2D eigenvalue weighted by molar-refractivity contribution is -0.123. The first-order chi connectivity index (χ1) is 13.8. The molecule has 7 nitrogen and oxygen atoms in total. The Balaban J connectivity index is 1.49. The molecule has 3 fully saturated rings. The van der Waals surface area contributed by atoms with Crippen LogP contribution in [0.5, 0.6) is 5.88 Å². The van der Waals surface area contributed by atoms with Crippen LogP contribution in [-0.4, -0.2) is 48.5 Å². The van der Waals surface area contributed by atoms with E-state index in [0.29, 0.717) is 31.1 Å². The molecule has 1 aromatic rings. The maximum Gasteiger partial charge on any atom is 0.282 e. The highest BCUT2D eigenvalue weighted by molar-refractivity contribution is 5.93. The van der Waals surface area contributed by atoms with Gasteiger partial charge in [0, 0.05) is 6.04 Å². The molecule has 3 aliphatic rings. The van der Waals surface area contributed by atoms with Crippen molar-refractivity contribution in [2.75, 3.05) is 24.6 Å². The maximum absolute atomic E-state index is 13.3. The number of hydrogen-bond donors (Lipinski definition) is 2. The van der Waals surface area contributed by atoms with Crippen molar-refractivity contribution in [1.82, 2.24) is 10.3 Å². The molecule has 0 radical (unpaired) electrons. The second-order valence-electron chi connectivity index (χ2n) is 8.36. The summed E-state index contributed by atoms with van der Waals surface area (Å²) in [6, 6.07) is 2.79. The van der Waals surface area contributed by atoms with E-state index in [2.05, 4.69) is 10.3 Å². The van der Waals surface area contributed by atoms with E-state index in [1.807, 2.05) is 0 Å². The van der Waals surface area contributed by atoms with Gasteiger partial charge in [-0.1, -0.05) is 12.8 Å². The SMILES string of the molecule is NC(=O)C1CCCCC1NC(=O)c1ccc(N2CC(F)(F)C2)c(OCC2CC2)n1. The third-order valence-electron chi connectivity index (χ3n) is 5.86. The second kappa shape index (κ2) is 7.76. The highest BCUT2D eigenvalue weighted by atomic mass is 19.3. The Morgan fingerprint density at radius 2 is 1.93 bits per heavy atom. The van der Waals surface area contributed by atoms with E-state index in [0.717, 1.165) is 25.7 Å². The van der Waals surface area contributed by atoms with Crippen LogP contribution >= 0.6 is 0 Å². The molecule has 0 aromatic carbocycles. The van der Waals surface area contributed by atoms with Gasteiger partial charge < -0.3 is 20.7 Å². The Kier molecular flexibility index (Phi) is 5.31. The number of hydrogen-bond acceptors (Lipinski definition) is 5. The highest BCUT2D eigenvalue weighted by Gasteiger charge is 2.45. The van der Waals surface area contributed by atoms with Crippen LogP contribution in [0.2, 0.25) is 0 Å². The number of amides is 2. The van der Waals surface area contributed by atoms with Gasteiger partial charge in [-0.2, -0.15) is 0 Å². The number of primary amides is 1. The Morgan fingerprint density at radius 1 is 1.21 bits per heavy atom. The topological polar surface area (TPSA) is 97.5 Å². The predicted octanol–water partition coefficient (Wildman–Crippen LogP) is 2.10. The van der Waals surface area contributed by atoms with Crippen molar-refractivity contribution >= 4 is 17.5 Å². The van der Waals surface area contributed by atoms with Gasteiger partial charge in [-0.25, -0.2) is 13.8 Å². The van der Waals surface area contributed by atoms with Gasteiger partial charge in [0.1, 0.15) is 11.4 Å². The van der Waals surface area contributed by atoms with E-state index in [9.17, 15) is 18.4 Å². The molecule has 0 spiro atoms. The zero-order chi connectivity index (χ0) is 20.6. The van der Waals surface area contributed by atoms with Crippen LogP contribution in [0.4, 0.5) is 14.5 Å². The fraction of sp³-hybridized carbons (Fsp3) is 0.650. The van der Waals surface area contributed by atoms with Crippen LogP contribution in [0.15, 0.2) is 12.1 Å². The lowest BCUT2D eigenvalue weighted by Gasteiger charge is -2.40. The highest BCUT2D eigenvalue weighted by Crippen LogP contribution is 2.38. The van der Waals surface area contributed by atoms with Gasteiger partial charge in [0.15, 0.2) is 0 Å². The summed E-state index contributed by atoms with van der Waals surface area (Å²) in [6.07, 6.45) is 5.32. The molecule has 1 saturated heterocycles. The van der Waals surface area contributed by atoms with Gasteiger partial charge in [-0.15, -0.1) is 0 Å². The van der Waals surface area contributed by atoms with E-state index in [1.165, 1.54) is 11.0 Å². The van der Waals surface area contributed by atoms with Crippen molar-refractivity contribution in [2.24, 2.45) is 17.6 Å². The molecular formula is C20H26F2N4O3. The van der Waals surface area contributed by atoms with Crippen molar-refractivity contribution in [3.05, 3.63) is 17.8 Å². The lowest BCUT2D eigenvalue weighted by Crippen LogP contribution is -2.56. The van der Waals surface area contributed by atoms with Gasteiger partial charge >= 0.3 is 0 Å². The largest absolute Gasteiger partial charge is 0.476 e. The molecule has 3 N–H and O–H groups in total. The Bertz CT molecular complexity index is 792. The van der Waals surface area contributed by atoms with Gasteiger partial charge in [0.05, 0.1) is 25.6 Å². The minimum absolute atomic E-state index is 0.139. The number of carbonyl (C=O) groups excluding carboxylic acids is 2. The molecule has 2 aliphatic carbocycles.